The van der Waals surface area contributed by atoms with E-state index >= 15 is 0 Å². The number of aromatic nitrogens is 1. The van der Waals surface area contributed by atoms with Crippen LogP contribution in [0.1, 0.15) is 93.4 Å². The monoisotopic (exact) mass is 592 g/mol. The Morgan fingerprint density at radius 2 is 1.62 bits per heavy atom. The molecule has 12 heteroatoms. The van der Waals surface area contributed by atoms with Gasteiger partial charge in [-0.15, -0.1) is 0 Å². The Balaban J connectivity index is 0.000000312. The van der Waals surface area contributed by atoms with Crippen molar-refractivity contribution in [1.29, 1.82) is 0 Å². The maximum atomic E-state index is 12.7. The van der Waals surface area contributed by atoms with E-state index in [-0.39, 0.29) is 23.1 Å². The molecule has 42 heavy (non-hydrogen) atoms. The smallest absolute Gasteiger partial charge is 0.471 e. The van der Waals surface area contributed by atoms with Crippen molar-refractivity contribution in [3.8, 4) is 5.75 Å². The van der Waals surface area contributed by atoms with Gasteiger partial charge in [0.1, 0.15) is 23.1 Å². The van der Waals surface area contributed by atoms with Crippen molar-refractivity contribution in [2.45, 2.75) is 89.6 Å². The number of benzene rings is 1. The number of rotatable bonds is 7. The van der Waals surface area contributed by atoms with Crippen LogP contribution < -0.4 is 15.8 Å². The lowest BCUT2D eigenvalue weighted by atomic mass is 10.00. The van der Waals surface area contributed by atoms with Gasteiger partial charge in [0.15, 0.2) is 0 Å². The Hall–Kier alpha value is -3.83. The van der Waals surface area contributed by atoms with E-state index in [0.29, 0.717) is 11.5 Å². The third-order valence-electron chi connectivity index (χ3n) is 6.64. The fourth-order valence-corrected chi connectivity index (χ4v) is 4.34. The summed E-state index contributed by atoms with van der Waals surface area (Å²) in [6, 6.07) is 9.18. The molecule has 0 spiro atoms. The molecule has 3 amide bonds. The van der Waals surface area contributed by atoms with Crippen LogP contribution in [-0.2, 0) is 9.53 Å². The van der Waals surface area contributed by atoms with Gasteiger partial charge >= 0.3 is 18.2 Å². The molecule has 1 saturated heterocycles. The average molecular weight is 593 g/mol. The molecule has 1 aliphatic carbocycles. The number of halogens is 3. The molecule has 2 aliphatic rings. The Bertz CT molecular complexity index is 1200. The SMILES string of the molecule is CC(C)(C)OC(=O)N1CCCCC1.CC(NC(=O)C(F)(F)F)[C@H](Oc1ccc(C(N)=O)nc1)c1ccc(C2CC2)cc1. The van der Waals surface area contributed by atoms with Gasteiger partial charge in [0, 0.05) is 13.1 Å². The lowest BCUT2D eigenvalue weighted by molar-refractivity contribution is -0.174. The summed E-state index contributed by atoms with van der Waals surface area (Å²) < 4.78 is 49.1. The molecule has 230 valence electrons. The highest BCUT2D eigenvalue weighted by molar-refractivity contribution is 5.90. The number of carbonyl (C=O) groups excluding carboxylic acids is 3. The first-order valence-corrected chi connectivity index (χ1v) is 14.0. The van der Waals surface area contributed by atoms with Crippen molar-refractivity contribution in [2.24, 2.45) is 5.73 Å². The van der Waals surface area contributed by atoms with E-state index in [4.69, 9.17) is 15.2 Å². The lowest BCUT2D eigenvalue weighted by Crippen LogP contribution is -2.45. The molecular formula is C30H39F3N4O5. The number of nitrogens with zero attached hydrogens (tertiary/aromatic N) is 2. The summed E-state index contributed by atoms with van der Waals surface area (Å²) in [5, 5.41) is 1.93. The van der Waals surface area contributed by atoms with E-state index in [1.807, 2.05) is 38.2 Å². The summed E-state index contributed by atoms with van der Waals surface area (Å²) in [5.41, 5.74) is 6.57. The van der Waals surface area contributed by atoms with Crippen molar-refractivity contribution in [1.82, 2.24) is 15.2 Å². The second-order valence-electron chi connectivity index (χ2n) is 11.5. The Kier molecular flexibility index (Phi) is 10.8. The van der Waals surface area contributed by atoms with Crippen LogP contribution in [0.4, 0.5) is 18.0 Å². The predicted molar refractivity (Wildman–Crippen MR) is 150 cm³/mol. The predicted octanol–water partition coefficient (Wildman–Crippen LogP) is 5.65. The zero-order chi connectivity index (χ0) is 31.1. The summed E-state index contributed by atoms with van der Waals surface area (Å²) in [5.74, 6) is -2.01. The topological polar surface area (TPSA) is 124 Å². The highest BCUT2D eigenvalue weighted by Crippen LogP contribution is 2.40. The normalized spacial score (nSPS) is 16.8. The molecule has 2 aromatic rings. The highest BCUT2D eigenvalue weighted by atomic mass is 19.4. The molecule has 9 nitrogen and oxygen atoms in total. The number of nitrogens with two attached hydrogens (primary N) is 1. The van der Waals surface area contributed by atoms with Crippen LogP contribution in [-0.4, -0.2) is 58.7 Å². The van der Waals surface area contributed by atoms with E-state index < -0.39 is 30.1 Å². The zero-order valence-electron chi connectivity index (χ0n) is 24.4. The van der Waals surface area contributed by atoms with Gasteiger partial charge < -0.3 is 25.4 Å². The largest absolute Gasteiger partial charge is 0.482 e. The average Bonchev–Trinajstić information content (AvgIpc) is 3.77. The van der Waals surface area contributed by atoms with Crippen molar-refractivity contribution in [3.63, 3.8) is 0 Å². The maximum Gasteiger partial charge on any atom is 0.471 e. The van der Waals surface area contributed by atoms with Crippen LogP contribution in [0.3, 0.4) is 0 Å². The fraction of sp³-hybridized carbons (Fsp3) is 0.533. The van der Waals surface area contributed by atoms with Crippen molar-refractivity contribution in [2.75, 3.05) is 13.1 Å². The van der Waals surface area contributed by atoms with Crippen molar-refractivity contribution < 1.29 is 37.0 Å². The third kappa shape index (κ3) is 10.2. The minimum atomic E-state index is -5.00. The first kappa shape index (κ1) is 32.7. The summed E-state index contributed by atoms with van der Waals surface area (Å²) in [6.45, 7) is 8.83. The van der Waals surface area contributed by atoms with Gasteiger partial charge in [-0.1, -0.05) is 24.3 Å². The number of primary amides is 1. The molecule has 2 atom stereocenters. The molecule has 4 rings (SSSR count). The minimum Gasteiger partial charge on any atom is -0.482 e. The number of nitrogens with one attached hydrogen (secondary N) is 1. The number of pyridine rings is 1. The first-order valence-electron chi connectivity index (χ1n) is 14.0. The fourth-order valence-electron chi connectivity index (χ4n) is 4.34. The summed E-state index contributed by atoms with van der Waals surface area (Å²) in [4.78, 5) is 39.7. The van der Waals surface area contributed by atoms with E-state index in [1.165, 1.54) is 31.7 Å². The van der Waals surface area contributed by atoms with Gasteiger partial charge in [-0.25, -0.2) is 9.78 Å². The number of ether oxygens (including phenoxy) is 2. The number of piperidine rings is 1. The summed E-state index contributed by atoms with van der Waals surface area (Å²) >= 11 is 0. The van der Waals surface area contributed by atoms with Gasteiger partial charge in [-0.05, 0) is 89.0 Å². The van der Waals surface area contributed by atoms with E-state index in [0.717, 1.165) is 44.3 Å². The third-order valence-corrected chi connectivity index (χ3v) is 6.64. The number of likely N-dealkylation sites (tertiary alicyclic amines) is 1. The number of hydrogen-bond acceptors (Lipinski definition) is 6. The standard InChI is InChI=1S/C20H20F3N3O3.C10H19NO2/c1-11(26-19(28)20(21,22)23)17(14-6-4-13(5-7-14)12-2-3-12)29-15-8-9-16(18(24)27)25-10-15;1-10(2,3)13-9(12)11-7-5-4-6-8-11/h4-12,17H,2-3H2,1H3,(H2,24,27)(H,26,28);4-8H2,1-3H3/t11?,17-;/m0./s1. The Labute approximate surface area is 243 Å². The number of amides is 3. The molecule has 1 saturated carbocycles. The van der Waals surface area contributed by atoms with Gasteiger partial charge in [-0.2, -0.15) is 13.2 Å². The van der Waals surface area contributed by atoms with E-state index in [2.05, 4.69) is 4.98 Å². The van der Waals surface area contributed by atoms with Crippen LogP contribution in [0.25, 0.3) is 0 Å². The minimum absolute atomic E-state index is 0.0288. The quantitative estimate of drug-likeness (QED) is 0.428. The second kappa shape index (κ2) is 13.9. The maximum absolute atomic E-state index is 12.7. The lowest BCUT2D eigenvalue weighted by Gasteiger charge is -2.29. The van der Waals surface area contributed by atoms with E-state index in [1.54, 1.807) is 17.0 Å². The molecule has 3 N–H and O–H groups in total. The molecule has 1 aliphatic heterocycles. The zero-order valence-corrected chi connectivity index (χ0v) is 24.4. The number of carbonyl (C=O) groups is 3. The molecule has 1 aromatic heterocycles. The Morgan fingerprint density at radius 1 is 1.00 bits per heavy atom. The van der Waals surface area contributed by atoms with Crippen LogP contribution in [0.5, 0.6) is 5.75 Å². The molecule has 2 fully saturated rings. The van der Waals surface area contributed by atoms with Gasteiger partial charge in [0.2, 0.25) is 0 Å². The van der Waals surface area contributed by atoms with Gasteiger partial charge in [0.05, 0.1) is 12.2 Å². The van der Waals surface area contributed by atoms with E-state index in [9.17, 15) is 27.6 Å². The van der Waals surface area contributed by atoms with Crippen molar-refractivity contribution >= 4 is 17.9 Å². The summed E-state index contributed by atoms with van der Waals surface area (Å²) in [7, 11) is 0. The van der Waals surface area contributed by atoms with Crippen LogP contribution >= 0.6 is 0 Å². The molecule has 2 heterocycles. The van der Waals surface area contributed by atoms with Crippen LogP contribution in [0, 0.1) is 0 Å². The van der Waals surface area contributed by atoms with Crippen molar-refractivity contribution in [3.05, 3.63) is 59.4 Å². The van der Waals surface area contributed by atoms with Gasteiger partial charge in [-0.3, -0.25) is 9.59 Å². The number of alkyl halides is 3. The number of hydrogen-bond donors (Lipinski definition) is 2. The molecule has 0 bridgehead atoms. The molecule has 1 aromatic carbocycles. The molecule has 0 radical (unpaired) electrons. The van der Waals surface area contributed by atoms with Crippen LogP contribution in [0.2, 0.25) is 0 Å². The summed E-state index contributed by atoms with van der Waals surface area (Å²) in [6.07, 6.45) is 0.883. The molecule has 1 unspecified atom stereocenters. The second-order valence-corrected chi connectivity index (χ2v) is 11.5. The Morgan fingerprint density at radius 3 is 2.10 bits per heavy atom. The first-order chi connectivity index (χ1) is 19.6. The molecular weight excluding hydrogens is 553 g/mol. The van der Waals surface area contributed by atoms with Crippen LogP contribution in [0.15, 0.2) is 42.6 Å². The highest BCUT2D eigenvalue weighted by Gasteiger charge is 2.40. The van der Waals surface area contributed by atoms with Gasteiger partial charge in [0.25, 0.3) is 5.91 Å².